The lowest BCUT2D eigenvalue weighted by atomic mass is 9.90. The third kappa shape index (κ3) is 4.40. The minimum Gasteiger partial charge on any atom is -0.370 e. The van der Waals surface area contributed by atoms with Gasteiger partial charge in [0.25, 0.3) is 0 Å². The maximum atomic E-state index is 12.8. The molecule has 0 aliphatic heterocycles. The van der Waals surface area contributed by atoms with Crippen LogP contribution in [0.2, 0.25) is 5.02 Å². The molecule has 2 aromatic carbocycles. The van der Waals surface area contributed by atoms with E-state index < -0.39 is 10.0 Å². The van der Waals surface area contributed by atoms with Gasteiger partial charge in [-0.1, -0.05) is 42.1 Å². The fraction of sp³-hybridized carbons (Fsp3) is 0.400. The van der Waals surface area contributed by atoms with Crippen molar-refractivity contribution in [2.75, 3.05) is 11.9 Å². The smallest absolute Gasteiger partial charge is 0.240 e. The standard InChI is InChI=1S/C20H25ClN2O2S/c1-15-7-11-17(12-8-15)23(2)20-6-4-3-5-19(20)22-26(24,25)18-13-9-16(21)10-14-18/h7-14,19-20,22H,3-6H2,1-2H3. The lowest BCUT2D eigenvalue weighted by Gasteiger charge is -2.39. The number of benzene rings is 2. The molecule has 6 heteroatoms. The molecule has 4 nitrogen and oxygen atoms in total. The van der Waals surface area contributed by atoms with E-state index in [0.717, 1.165) is 31.4 Å². The van der Waals surface area contributed by atoms with Crippen LogP contribution in [0.25, 0.3) is 0 Å². The highest BCUT2D eigenvalue weighted by atomic mass is 35.5. The summed E-state index contributed by atoms with van der Waals surface area (Å²) in [4.78, 5) is 2.46. The van der Waals surface area contributed by atoms with Gasteiger partial charge < -0.3 is 4.90 Å². The van der Waals surface area contributed by atoms with Gasteiger partial charge >= 0.3 is 0 Å². The van der Waals surface area contributed by atoms with Crippen LogP contribution >= 0.6 is 11.6 Å². The van der Waals surface area contributed by atoms with Crippen molar-refractivity contribution < 1.29 is 8.42 Å². The molecule has 1 aliphatic carbocycles. The molecule has 1 aliphatic rings. The van der Waals surface area contributed by atoms with Gasteiger partial charge in [0, 0.05) is 29.8 Å². The molecule has 0 saturated heterocycles. The van der Waals surface area contributed by atoms with Crippen molar-refractivity contribution in [1.29, 1.82) is 0 Å². The lowest BCUT2D eigenvalue weighted by Crippen LogP contribution is -2.52. The average molecular weight is 393 g/mol. The summed E-state index contributed by atoms with van der Waals surface area (Å²) in [5.41, 5.74) is 2.32. The summed E-state index contributed by atoms with van der Waals surface area (Å²) in [5.74, 6) is 0. The fourth-order valence-electron chi connectivity index (χ4n) is 3.56. The summed E-state index contributed by atoms with van der Waals surface area (Å²) >= 11 is 5.88. The lowest BCUT2D eigenvalue weighted by molar-refractivity contribution is 0.351. The molecule has 140 valence electrons. The summed E-state index contributed by atoms with van der Waals surface area (Å²) in [6.07, 6.45) is 3.96. The van der Waals surface area contributed by atoms with Gasteiger partial charge in [-0.2, -0.15) is 0 Å². The van der Waals surface area contributed by atoms with Crippen LogP contribution in [-0.2, 0) is 10.0 Å². The first kappa shape index (κ1) is 19.2. The van der Waals surface area contributed by atoms with E-state index >= 15 is 0 Å². The summed E-state index contributed by atoms with van der Waals surface area (Å²) < 4.78 is 28.5. The monoisotopic (exact) mass is 392 g/mol. The number of aryl methyl sites for hydroxylation is 1. The quantitative estimate of drug-likeness (QED) is 0.821. The first-order chi connectivity index (χ1) is 12.4. The molecule has 0 heterocycles. The van der Waals surface area contributed by atoms with Gasteiger partial charge in [0.05, 0.1) is 4.90 Å². The minimum absolute atomic E-state index is 0.115. The Kier molecular flexibility index (Phi) is 5.90. The van der Waals surface area contributed by atoms with E-state index in [-0.39, 0.29) is 17.0 Å². The largest absolute Gasteiger partial charge is 0.370 e. The highest BCUT2D eigenvalue weighted by Crippen LogP contribution is 2.28. The van der Waals surface area contributed by atoms with E-state index in [9.17, 15) is 8.42 Å². The van der Waals surface area contributed by atoms with Crippen LogP contribution in [0.4, 0.5) is 5.69 Å². The average Bonchev–Trinajstić information content (AvgIpc) is 2.62. The van der Waals surface area contributed by atoms with Gasteiger partial charge in [-0.15, -0.1) is 0 Å². The van der Waals surface area contributed by atoms with Crippen molar-refractivity contribution in [3.63, 3.8) is 0 Å². The summed E-state index contributed by atoms with van der Waals surface area (Å²) in [5, 5.41) is 0.526. The zero-order valence-corrected chi connectivity index (χ0v) is 16.7. The zero-order valence-electron chi connectivity index (χ0n) is 15.2. The van der Waals surface area contributed by atoms with Gasteiger partial charge in [0.15, 0.2) is 0 Å². The molecular formula is C20H25ClN2O2S. The molecule has 2 atom stereocenters. The Labute approximate surface area is 161 Å². The van der Waals surface area contributed by atoms with Crippen LogP contribution in [-0.4, -0.2) is 27.5 Å². The van der Waals surface area contributed by atoms with E-state index in [1.807, 2.05) is 7.05 Å². The Morgan fingerprint density at radius 3 is 2.27 bits per heavy atom. The summed E-state index contributed by atoms with van der Waals surface area (Å²) in [7, 11) is -1.52. The number of likely N-dealkylation sites (N-methyl/N-ethyl adjacent to an activating group) is 1. The van der Waals surface area contributed by atoms with E-state index in [1.165, 1.54) is 5.56 Å². The minimum atomic E-state index is -3.57. The van der Waals surface area contributed by atoms with E-state index in [1.54, 1.807) is 24.3 Å². The van der Waals surface area contributed by atoms with Crippen LogP contribution in [0, 0.1) is 6.92 Å². The molecule has 26 heavy (non-hydrogen) atoms. The molecule has 2 unspecified atom stereocenters. The van der Waals surface area contributed by atoms with Crippen molar-refractivity contribution in [3.05, 3.63) is 59.1 Å². The molecule has 0 spiro atoms. The molecule has 2 aromatic rings. The maximum absolute atomic E-state index is 12.8. The van der Waals surface area contributed by atoms with Gasteiger partial charge in [-0.3, -0.25) is 0 Å². The molecule has 0 aromatic heterocycles. The highest BCUT2D eigenvalue weighted by molar-refractivity contribution is 7.89. The predicted molar refractivity (Wildman–Crippen MR) is 107 cm³/mol. The molecule has 0 bridgehead atoms. The second kappa shape index (κ2) is 7.99. The van der Waals surface area contributed by atoms with Crippen molar-refractivity contribution >= 4 is 27.3 Å². The Morgan fingerprint density at radius 1 is 1.00 bits per heavy atom. The topological polar surface area (TPSA) is 49.4 Å². The van der Waals surface area contributed by atoms with E-state index in [0.29, 0.717) is 5.02 Å². The number of sulfonamides is 1. The van der Waals surface area contributed by atoms with Crippen LogP contribution < -0.4 is 9.62 Å². The van der Waals surface area contributed by atoms with Gasteiger partial charge in [0.2, 0.25) is 10.0 Å². The van der Waals surface area contributed by atoms with Crippen LogP contribution in [0.1, 0.15) is 31.2 Å². The van der Waals surface area contributed by atoms with E-state index in [2.05, 4.69) is 40.8 Å². The zero-order chi connectivity index (χ0) is 18.7. The predicted octanol–water partition coefficient (Wildman–Crippen LogP) is 4.37. The Hall–Kier alpha value is -1.56. The number of hydrogen-bond acceptors (Lipinski definition) is 3. The second-order valence-corrected chi connectivity index (χ2v) is 9.13. The third-order valence-corrected chi connectivity index (χ3v) is 6.86. The fourth-order valence-corrected chi connectivity index (χ4v) is 4.99. The number of halogens is 1. The number of anilines is 1. The maximum Gasteiger partial charge on any atom is 0.240 e. The second-order valence-electron chi connectivity index (χ2n) is 6.98. The molecule has 3 rings (SSSR count). The summed E-state index contributed by atoms with van der Waals surface area (Å²) in [6, 6.07) is 14.7. The first-order valence-electron chi connectivity index (χ1n) is 8.94. The highest BCUT2D eigenvalue weighted by Gasteiger charge is 2.32. The van der Waals surface area contributed by atoms with Crippen LogP contribution in [0.5, 0.6) is 0 Å². The van der Waals surface area contributed by atoms with E-state index in [4.69, 9.17) is 11.6 Å². The molecule has 0 amide bonds. The SMILES string of the molecule is Cc1ccc(N(C)C2CCCCC2NS(=O)(=O)c2ccc(Cl)cc2)cc1. The summed E-state index contributed by atoms with van der Waals surface area (Å²) in [6.45, 7) is 2.06. The van der Waals surface area contributed by atoms with Crippen molar-refractivity contribution in [2.45, 2.75) is 49.6 Å². The van der Waals surface area contributed by atoms with Gasteiger partial charge in [-0.25, -0.2) is 13.1 Å². The van der Waals surface area contributed by atoms with Crippen molar-refractivity contribution in [3.8, 4) is 0 Å². The van der Waals surface area contributed by atoms with Crippen molar-refractivity contribution in [1.82, 2.24) is 4.72 Å². The van der Waals surface area contributed by atoms with Crippen molar-refractivity contribution in [2.24, 2.45) is 0 Å². The number of hydrogen-bond donors (Lipinski definition) is 1. The Bertz CT molecular complexity index is 835. The Balaban J connectivity index is 1.80. The third-order valence-electron chi connectivity index (χ3n) is 5.10. The first-order valence-corrected chi connectivity index (χ1v) is 10.8. The number of nitrogens with zero attached hydrogens (tertiary/aromatic N) is 1. The Morgan fingerprint density at radius 2 is 1.62 bits per heavy atom. The van der Waals surface area contributed by atoms with Crippen LogP contribution in [0.3, 0.4) is 0 Å². The molecule has 1 saturated carbocycles. The molecule has 1 N–H and O–H groups in total. The normalized spacial score (nSPS) is 20.7. The molecule has 1 fully saturated rings. The number of rotatable bonds is 5. The molecule has 0 radical (unpaired) electrons. The van der Waals surface area contributed by atoms with Gasteiger partial charge in [0.1, 0.15) is 0 Å². The van der Waals surface area contributed by atoms with Crippen LogP contribution in [0.15, 0.2) is 53.4 Å². The van der Waals surface area contributed by atoms with Gasteiger partial charge in [-0.05, 0) is 56.2 Å². The number of nitrogens with one attached hydrogen (secondary N) is 1. The molecular weight excluding hydrogens is 368 g/mol.